The van der Waals surface area contributed by atoms with E-state index in [4.69, 9.17) is 5.84 Å². The van der Waals surface area contributed by atoms with Crippen molar-refractivity contribution in [1.82, 2.24) is 5.43 Å². The Morgan fingerprint density at radius 1 is 1.33 bits per heavy atom. The van der Waals surface area contributed by atoms with Crippen LogP contribution < -0.4 is 11.3 Å². The molecule has 4 nitrogen and oxygen atoms in total. The first-order valence-electron chi connectivity index (χ1n) is 4.17. The van der Waals surface area contributed by atoms with E-state index >= 15 is 0 Å². The molecule has 76 valence electrons. The Hall–Kier alpha value is -0.160. The summed E-state index contributed by atoms with van der Waals surface area (Å²) in [5, 5.41) is 0. The number of hydrogen-bond acceptors (Lipinski definition) is 2. The zero-order valence-corrected chi connectivity index (χ0v) is 7.98. The van der Waals surface area contributed by atoms with Gasteiger partial charge in [0.15, 0.2) is 0 Å². The maximum atomic E-state index is 5.48. The van der Waals surface area contributed by atoms with Gasteiger partial charge in [-0.05, 0) is 25.7 Å². The van der Waals surface area contributed by atoms with E-state index in [1.165, 1.54) is 25.7 Å². The number of hydrogen-bond donors (Lipinski definition) is 2. The van der Waals surface area contributed by atoms with Gasteiger partial charge in [-0.1, -0.05) is 19.8 Å². The predicted molar refractivity (Wildman–Crippen MR) is 50.6 cm³/mol. The largest absolute Gasteiger partial charge is 0.412 e. The summed E-state index contributed by atoms with van der Waals surface area (Å²) >= 11 is 0. The fraction of sp³-hybridized carbons (Fsp3) is 1.00. The number of hydrazine groups is 1. The molecule has 0 bridgehead atoms. The molecular weight excluding hydrogens is 156 g/mol. The van der Waals surface area contributed by atoms with Gasteiger partial charge >= 0.3 is 0 Å². The second-order valence-corrected chi connectivity index (χ2v) is 3.71. The molecule has 7 N–H and O–H groups in total. The van der Waals surface area contributed by atoms with Gasteiger partial charge in [-0.15, -0.1) is 0 Å². The molecule has 0 amide bonds. The first-order valence-corrected chi connectivity index (χ1v) is 4.17. The molecule has 1 aliphatic rings. The highest BCUT2D eigenvalue weighted by Crippen LogP contribution is 2.32. The number of nitrogens with two attached hydrogens (primary N) is 1. The third-order valence-corrected chi connectivity index (χ3v) is 3.00. The molecule has 1 rings (SSSR count). The van der Waals surface area contributed by atoms with Crippen molar-refractivity contribution in [3.05, 3.63) is 0 Å². The normalized spacial score (nSPS) is 34.8. The Bertz CT molecular complexity index is 122. The van der Waals surface area contributed by atoms with Gasteiger partial charge in [-0.3, -0.25) is 11.3 Å². The van der Waals surface area contributed by atoms with Gasteiger partial charge in [0.1, 0.15) is 0 Å². The second kappa shape index (κ2) is 5.48. The molecule has 12 heavy (non-hydrogen) atoms. The minimum Gasteiger partial charge on any atom is -0.412 e. The third kappa shape index (κ3) is 2.71. The lowest BCUT2D eigenvalue weighted by Crippen LogP contribution is -2.52. The molecule has 0 aromatic rings. The summed E-state index contributed by atoms with van der Waals surface area (Å²) in [7, 11) is 0. The molecule has 0 saturated heterocycles. The van der Waals surface area contributed by atoms with E-state index in [2.05, 4.69) is 19.3 Å². The maximum Gasteiger partial charge on any atom is 0.0318 e. The summed E-state index contributed by atoms with van der Waals surface area (Å²) < 4.78 is 0. The summed E-state index contributed by atoms with van der Waals surface area (Å²) in [4.78, 5) is 0. The molecule has 0 aromatic carbocycles. The highest BCUT2D eigenvalue weighted by atomic mass is 16.0. The Balaban J connectivity index is 0. The summed E-state index contributed by atoms with van der Waals surface area (Å²) in [6.45, 7) is 4.50. The van der Waals surface area contributed by atoms with Crippen LogP contribution in [0.2, 0.25) is 0 Å². The molecule has 2 atom stereocenters. The van der Waals surface area contributed by atoms with Crippen LogP contribution in [0.4, 0.5) is 0 Å². The van der Waals surface area contributed by atoms with Crippen LogP contribution in [-0.2, 0) is 0 Å². The Kier molecular flexibility index (Phi) is 6.56. The average Bonchev–Trinajstić information content (AvgIpc) is 1.96. The monoisotopic (exact) mass is 178 g/mol. The summed E-state index contributed by atoms with van der Waals surface area (Å²) in [5.41, 5.74) is 3.14. The van der Waals surface area contributed by atoms with Crippen molar-refractivity contribution in [2.75, 3.05) is 0 Å². The van der Waals surface area contributed by atoms with Crippen molar-refractivity contribution in [3.8, 4) is 0 Å². The van der Waals surface area contributed by atoms with E-state index in [0.717, 1.165) is 5.92 Å². The molecule has 0 heterocycles. The lowest BCUT2D eigenvalue weighted by molar-refractivity contribution is 0.176. The standard InChI is InChI=1S/C8H18N2.2H2O/c1-7-5-3-4-6-8(7,2)10-9;;/h7,10H,3-6,9H2,1-2H3;2*1H2. The van der Waals surface area contributed by atoms with E-state index < -0.39 is 0 Å². The molecular formula is C8H22N2O2. The SMILES string of the molecule is CC1CCCCC1(C)NN.O.O. The van der Waals surface area contributed by atoms with Gasteiger partial charge in [-0.2, -0.15) is 0 Å². The first-order chi connectivity index (χ1) is 4.69. The van der Waals surface area contributed by atoms with Gasteiger partial charge in [-0.25, -0.2) is 0 Å². The van der Waals surface area contributed by atoms with Gasteiger partial charge in [0.2, 0.25) is 0 Å². The predicted octanol–water partition coefficient (Wildman–Crippen LogP) is -0.231. The summed E-state index contributed by atoms with van der Waals surface area (Å²) in [6.07, 6.45) is 5.24. The molecule has 0 spiro atoms. The Morgan fingerprint density at radius 2 is 1.92 bits per heavy atom. The van der Waals surface area contributed by atoms with Crippen LogP contribution in [0.15, 0.2) is 0 Å². The molecule has 1 aliphatic carbocycles. The van der Waals surface area contributed by atoms with Crippen molar-refractivity contribution in [2.24, 2.45) is 11.8 Å². The van der Waals surface area contributed by atoms with Crippen LogP contribution >= 0.6 is 0 Å². The summed E-state index contributed by atoms with van der Waals surface area (Å²) in [5.74, 6) is 6.21. The van der Waals surface area contributed by atoms with E-state index in [0.29, 0.717) is 0 Å². The van der Waals surface area contributed by atoms with Crippen molar-refractivity contribution in [1.29, 1.82) is 0 Å². The zero-order valence-electron chi connectivity index (χ0n) is 7.98. The van der Waals surface area contributed by atoms with Gasteiger partial charge in [0, 0.05) is 5.54 Å². The zero-order chi connectivity index (χ0) is 7.61. The second-order valence-electron chi connectivity index (χ2n) is 3.71. The molecule has 0 aliphatic heterocycles. The Morgan fingerprint density at radius 3 is 2.25 bits per heavy atom. The average molecular weight is 178 g/mol. The minimum atomic E-state index is 0. The smallest absolute Gasteiger partial charge is 0.0318 e. The van der Waals surface area contributed by atoms with E-state index in [1.54, 1.807) is 0 Å². The topological polar surface area (TPSA) is 101 Å². The van der Waals surface area contributed by atoms with Gasteiger partial charge in [0.05, 0.1) is 0 Å². The van der Waals surface area contributed by atoms with Crippen molar-refractivity contribution in [3.63, 3.8) is 0 Å². The molecule has 1 fully saturated rings. The lowest BCUT2D eigenvalue weighted by Gasteiger charge is -2.39. The first kappa shape index (κ1) is 14.4. The van der Waals surface area contributed by atoms with Crippen LogP contribution in [0.3, 0.4) is 0 Å². The van der Waals surface area contributed by atoms with Crippen LogP contribution in [0.1, 0.15) is 39.5 Å². The van der Waals surface area contributed by atoms with Crippen molar-refractivity contribution < 1.29 is 11.0 Å². The van der Waals surface area contributed by atoms with Gasteiger partial charge in [0.25, 0.3) is 0 Å². The van der Waals surface area contributed by atoms with E-state index in [1.807, 2.05) is 0 Å². The molecule has 0 radical (unpaired) electrons. The quantitative estimate of drug-likeness (QED) is 0.428. The fourth-order valence-corrected chi connectivity index (χ4v) is 1.72. The van der Waals surface area contributed by atoms with Crippen molar-refractivity contribution >= 4 is 0 Å². The minimum absolute atomic E-state index is 0. The van der Waals surface area contributed by atoms with Crippen LogP contribution in [0, 0.1) is 5.92 Å². The third-order valence-electron chi connectivity index (χ3n) is 3.00. The van der Waals surface area contributed by atoms with Crippen LogP contribution in [0.25, 0.3) is 0 Å². The van der Waals surface area contributed by atoms with E-state index in [9.17, 15) is 0 Å². The van der Waals surface area contributed by atoms with Crippen molar-refractivity contribution in [2.45, 2.75) is 45.1 Å². The Labute approximate surface area is 74.1 Å². The van der Waals surface area contributed by atoms with Crippen LogP contribution in [0.5, 0.6) is 0 Å². The number of nitrogens with one attached hydrogen (secondary N) is 1. The lowest BCUT2D eigenvalue weighted by atomic mass is 9.75. The molecule has 4 heteroatoms. The summed E-state index contributed by atoms with van der Waals surface area (Å²) in [6, 6.07) is 0. The highest BCUT2D eigenvalue weighted by Gasteiger charge is 2.31. The van der Waals surface area contributed by atoms with E-state index in [-0.39, 0.29) is 16.5 Å². The van der Waals surface area contributed by atoms with Gasteiger partial charge < -0.3 is 11.0 Å². The maximum absolute atomic E-state index is 5.48. The molecule has 0 aromatic heterocycles. The number of rotatable bonds is 1. The van der Waals surface area contributed by atoms with Crippen LogP contribution in [-0.4, -0.2) is 16.5 Å². The highest BCUT2D eigenvalue weighted by molar-refractivity contribution is 4.89. The fourth-order valence-electron chi connectivity index (χ4n) is 1.72. The molecule has 1 saturated carbocycles. The molecule has 2 unspecified atom stereocenters.